The van der Waals surface area contributed by atoms with E-state index in [1.54, 1.807) is 0 Å². The maximum absolute atomic E-state index is 11.7. The predicted octanol–water partition coefficient (Wildman–Crippen LogP) is 6.69. The molecular weight excluding hydrogens is 676 g/mol. The molecule has 0 bridgehead atoms. The van der Waals surface area contributed by atoms with Gasteiger partial charge in [-0.15, -0.1) is 0 Å². The predicted molar refractivity (Wildman–Crippen MR) is 196 cm³/mol. The summed E-state index contributed by atoms with van der Waals surface area (Å²) in [5.41, 5.74) is 3.90. The normalized spacial score (nSPS) is 23.8. The molecule has 6 rings (SSSR count). The molecule has 0 aromatic heterocycles. The number of aliphatic hydroxyl groups is 1. The van der Waals surface area contributed by atoms with E-state index in [4.69, 9.17) is 37.9 Å². The van der Waals surface area contributed by atoms with Gasteiger partial charge in [-0.1, -0.05) is 121 Å². The number of carbonyl (C=O) groups excluding carboxylic acids is 1. The van der Waals surface area contributed by atoms with Crippen LogP contribution in [0.4, 0.5) is 0 Å². The minimum Gasteiger partial charge on any atom is -0.469 e. The van der Waals surface area contributed by atoms with E-state index in [0.717, 1.165) is 22.3 Å². The van der Waals surface area contributed by atoms with Gasteiger partial charge in [-0.2, -0.15) is 0 Å². The highest BCUT2D eigenvalue weighted by molar-refractivity contribution is 5.69. The van der Waals surface area contributed by atoms with Crippen LogP contribution in [0.15, 0.2) is 121 Å². The van der Waals surface area contributed by atoms with E-state index in [-0.39, 0.29) is 25.6 Å². The number of carbonyl (C=O) groups is 1. The van der Waals surface area contributed by atoms with Crippen LogP contribution < -0.4 is 0 Å². The first-order chi connectivity index (χ1) is 26.1. The Hall–Kier alpha value is -3.97. The Bertz CT molecular complexity index is 1610. The van der Waals surface area contributed by atoms with Crippen LogP contribution >= 0.6 is 0 Å². The molecule has 2 heterocycles. The third-order valence-corrected chi connectivity index (χ3v) is 9.46. The summed E-state index contributed by atoms with van der Waals surface area (Å²) in [7, 11) is 1.36. The lowest BCUT2D eigenvalue weighted by molar-refractivity contribution is -0.372. The van der Waals surface area contributed by atoms with Crippen LogP contribution in [0.1, 0.15) is 54.2 Å². The minimum atomic E-state index is -0.840. The second-order valence-corrected chi connectivity index (χ2v) is 13.3. The van der Waals surface area contributed by atoms with Crippen molar-refractivity contribution in [1.29, 1.82) is 0 Å². The fourth-order valence-corrected chi connectivity index (χ4v) is 6.57. The first kappa shape index (κ1) is 38.7. The summed E-state index contributed by atoms with van der Waals surface area (Å²) < 4.78 is 50.3. The number of esters is 1. The summed E-state index contributed by atoms with van der Waals surface area (Å²) in [6, 6.07) is 39.5. The molecule has 282 valence electrons. The van der Waals surface area contributed by atoms with E-state index >= 15 is 0 Å². The van der Waals surface area contributed by atoms with Gasteiger partial charge in [0.15, 0.2) is 12.6 Å². The number of fused-ring (bicyclic) bond motifs is 1. The Morgan fingerprint density at radius 3 is 1.89 bits per heavy atom. The average molecular weight is 727 g/mol. The van der Waals surface area contributed by atoms with Crippen LogP contribution in [-0.2, 0) is 62.5 Å². The van der Waals surface area contributed by atoms with Crippen molar-refractivity contribution in [3.63, 3.8) is 0 Å². The smallest absolute Gasteiger partial charge is 0.305 e. The fraction of sp³-hybridized carbons (Fsp3) is 0.419. The van der Waals surface area contributed by atoms with Crippen molar-refractivity contribution in [2.24, 2.45) is 0 Å². The number of methoxy groups -OCH3 is 1. The van der Waals surface area contributed by atoms with E-state index in [1.807, 2.05) is 121 Å². The van der Waals surface area contributed by atoms with E-state index in [2.05, 4.69) is 0 Å². The SMILES string of the molecule is COC(=O)CCC[C@@H](O)[C@H](CCO[C@H]1OC2COC(c3ccccc3)O[C@@H]2C(OCc2ccccc2)C1OCc1ccccc1)OCc1ccccc1. The highest BCUT2D eigenvalue weighted by Gasteiger charge is 2.52. The Morgan fingerprint density at radius 1 is 0.717 bits per heavy atom. The maximum Gasteiger partial charge on any atom is 0.305 e. The molecule has 53 heavy (non-hydrogen) atoms. The van der Waals surface area contributed by atoms with Gasteiger partial charge in [-0.25, -0.2) is 0 Å². The van der Waals surface area contributed by atoms with Crippen molar-refractivity contribution in [2.75, 3.05) is 20.3 Å². The second-order valence-electron chi connectivity index (χ2n) is 13.3. The molecule has 0 spiro atoms. The summed E-state index contributed by atoms with van der Waals surface area (Å²) in [6.45, 7) is 1.42. The van der Waals surface area contributed by atoms with Crippen LogP contribution in [0.25, 0.3) is 0 Å². The first-order valence-electron chi connectivity index (χ1n) is 18.4. The zero-order valence-corrected chi connectivity index (χ0v) is 30.2. The van der Waals surface area contributed by atoms with E-state index in [9.17, 15) is 9.90 Å². The van der Waals surface area contributed by atoms with Gasteiger partial charge in [-0.3, -0.25) is 4.79 Å². The largest absolute Gasteiger partial charge is 0.469 e. The lowest BCUT2D eigenvalue weighted by Crippen LogP contribution is -2.63. The summed E-state index contributed by atoms with van der Waals surface area (Å²) >= 11 is 0. The number of ether oxygens (including phenoxy) is 8. The minimum absolute atomic E-state index is 0.195. The van der Waals surface area contributed by atoms with Crippen molar-refractivity contribution < 1.29 is 47.8 Å². The standard InChI is InChI=1S/C43H50O10/c1-46-38(45)24-14-23-35(44)36(48-27-31-15-6-2-7-16-31)25-26-47-43-41(50-29-33-19-10-4-11-20-33)40(49-28-32-17-8-3-9-18-32)39-37(52-43)30-51-42(53-39)34-21-12-5-13-22-34/h2-13,15-22,35-37,39-44H,14,23-30H2,1H3/t35-,36+,37?,39+,40?,41?,42?,43+/m1/s1. The van der Waals surface area contributed by atoms with Gasteiger partial charge >= 0.3 is 5.97 Å². The average Bonchev–Trinajstić information content (AvgIpc) is 3.21. The molecule has 10 nitrogen and oxygen atoms in total. The molecule has 2 saturated heterocycles. The molecular formula is C43H50O10. The third kappa shape index (κ3) is 11.5. The summed E-state index contributed by atoms with van der Waals surface area (Å²) in [5, 5.41) is 11.2. The molecule has 4 unspecified atom stereocenters. The molecule has 4 aromatic carbocycles. The molecule has 0 amide bonds. The van der Waals surface area contributed by atoms with Crippen LogP contribution in [-0.4, -0.2) is 74.3 Å². The van der Waals surface area contributed by atoms with Crippen LogP contribution in [0, 0.1) is 0 Å². The Labute approximate surface area is 311 Å². The second kappa shape index (κ2) is 20.5. The van der Waals surface area contributed by atoms with Crippen molar-refractivity contribution >= 4 is 5.97 Å². The third-order valence-electron chi connectivity index (χ3n) is 9.46. The van der Waals surface area contributed by atoms with Gasteiger partial charge < -0.3 is 43.0 Å². The van der Waals surface area contributed by atoms with Crippen molar-refractivity contribution in [1.82, 2.24) is 0 Å². The van der Waals surface area contributed by atoms with Gasteiger partial charge in [0.05, 0.1) is 52.4 Å². The maximum atomic E-state index is 11.7. The summed E-state index contributed by atoms with van der Waals surface area (Å²) in [4.78, 5) is 11.7. The fourth-order valence-electron chi connectivity index (χ4n) is 6.57. The molecule has 1 N–H and O–H groups in total. The highest BCUT2D eigenvalue weighted by atomic mass is 16.8. The molecule has 10 heteroatoms. The lowest BCUT2D eigenvalue weighted by Gasteiger charge is -2.49. The van der Waals surface area contributed by atoms with Gasteiger partial charge in [0.25, 0.3) is 0 Å². The van der Waals surface area contributed by atoms with Crippen LogP contribution in [0.2, 0.25) is 0 Å². The zero-order chi connectivity index (χ0) is 36.7. The number of aliphatic hydroxyl groups excluding tert-OH is 1. The molecule has 0 aliphatic carbocycles. The number of rotatable bonds is 19. The van der Waals surface area contributed by atoms with Gasteiger partial charge in [0.2, 0.25) is 0 Å². The van der Waals surface area contributed by atoms with Crippen LogP contribution in [0.3, 0.4) is 0 Å². The van der Waals surface area contributed by atoms with E-state index < -0.39 is 49.2 Å². The van der Waals surface area contributed by atoms with E-state index in [0.29, 0.717) is 39.1 Å². The van der Waals surface area contributed by atoms with Gasteiger partial charge in [0.1, 0.15) is 24.4 Å². The molecule has 2 aliphatic rings. The van der Waals surface area contributed by atoms with E-state index in [1.165, 1.54) is 7.11 Å². The van der Waals surface area contributed by atoms with Gasteiger partial charge in [0, 0.05) is 12.0 Å². The molecule has 4 aromatic rings. The lowest BCUT2D eigenvalue weighted by atomic mass is 9.97. The molecule has 2 fully saturated rings. The molecule has 8 atom stereocenters. The zero-order valence-electron chi connectivity index (χ0n) is 30.2. The monoisotopic (exact) mass is 726 g/mol. The topological polar surface area (TPSA) is 111 Å². The summed E-state index contributed by atoms with van der Waals surface area (Å²) in [6.07, 6.45) is -3.68. The van der Waals surface area contributed by atoms with Crippen molar-refractivity contribution in [2.45, 2.75) is 94.7 Å². The highest BCUT2D eigenvalue weighted by Crippen LogP contribution is 2.37. The Balaban J connectivity index is 1.19. The molecule has 0 radical (unpaired) electrons. The molecule has 0 saturated carbocycles. The Kier molecular flexibility index (Phi) is 15.0. The van der Waals surface area contributed by atoms with Crippen molar-refractivity contribution in [3.8, 4) is 0 Å². The first-order valence-corrected chi connectivity index (χ1v) is 18.4. The quantitative estimate of drug-likeness (QED) is 0.105. The number of hydrogen-bond acceptors (Lipinski definition) is 10. The van der Waals surface area contributed by atoms with Crippen LogP contribution in [0.5, 0.6) is 0 Å². The van der Waals surface area contributed by atoms with Gasteiger partial charge in [-0.05, 0) is 36.0 Å². The Morgan fingerprint density at radius 2 is 1.28 bits per heavy atom. The summed E-state index contributed by atoms with van der Waals surface area (Å²) in [5.74, 6) is -0.314. The van der Waals surface area contributed by atoms with Crippen molar-refractivity contribution in [3.05, 3.63) is 144 Å². The molecule has 2 aliphatic heterocycles. The number of hydrogen-bond donors (Lipinski definition) is 1. The number of benzene rings is 4.